The van der Waals surface area contributed by atoms with Gasteiger partial charge in [0.1, 0.15) is 5.69 Å². The van der Waals surface area contributed by atoms with E-state index in [-0.39, 0.29) is 11.9 Å². The quantitative estimate of drug-likeness (QED) is 0.630. The molecule has 1 amide bonds. The predicted octanol–water partition coefficient (Wildman–Crippen LogP) is 3.51. The molecule has 0 unspecified atom stereocenters. The number of H-pyrrole nitrogens is 1. The summed E-state index contributed by atoms with van der Waals surface area (Å²) in [7, 11) is 0. The second kappa shape index (κ2) is 7.35. The van der Waals surface area contributed by atoms with Crippen LogP contribution in [0.15, 0.2) is 42.5 Å². The van der Waals surface area contributed by atoms with E-state index in [9.17, 15) is 4.79 Å². The fraction of sp³-hybridized carbons (Fsp3) is 0.286. The molecule has 1 aromatic heterocycles. The fourth-order valence-corrected chi connectivity index (χ4v) is 4.05. The number of nitrogens with two attached hydrogens (primary N) is 2. The smallest absolute Gasteiger partial charge is 0.271 e. The summed E-state index contributed by atoms with van der Waals surface area (Å²) in [4.78, 5) is 18.5. The lowest BCUT2D eigenvalue weighted by molar-refractivity contribution is 0.0729. The van der Waals surface area contributed by atoms with Crippen molar-refractivity contribution in [3.63, 3.8) is 0 Å². The molecule has 1 aliphatic heterocycles. The van der Waals surface area contributed by atoms with Crippen molar-refractivity contribution in [2.24, 2.45) is 11.5 Å². The van der Waals surface area contributed by atoms with Gasteiger partial charge in [-0.3, -0.25) is 4.79 Å². The molecule has 0 radical (unpaired) electrons. The second-order valence-corrected chi connectivity index (χ2v) is 7.54. The summed E-state index contributed by atoms with van der Waals surface area (Å²) in [5.41, 5.74) is 16.4. The molecule has 0 saturated carbocycles. The van der Waals surface area contributed by atoms with Gasteiger partial charge in [-0.25, -0.2) is 0 Å². The number of carbonyl (C=O) groups excluding carboxylic acids is 1. The molecule has 2 heterocycles. The Balaban J connectivity index is 1.83. The number of hydrogen-bond acceptors (Lipinski definition) is 3. The number of amides is 1. The first-order valence-corrected chi connectivity index (χ1v) is 9.60. The first-order chi connectivity index (χ1) is 13.1. The number of nitrogens with zero attached hydrogens (tertiary/aromatic N) is 1. The molecular formula is C21H23ClN4O. The normalized spacial score (nSPS) is 14.8. The van der Waals surface area contributed by atoms with E-state index in [1.165, 1.54) is 0 Å². The fourth-order valence-electron chi connectivity index (χ4n) is 3.86. The van der Waals surface area contributed by atoms with Crippen LogP contribution in [0.5, 0.6) is 0 Å². The van der Waals surface area contributed by atoms with Gasteiger partial charge in [0.2, 0.25) is 0 Å². The number of benzene rings is 2. The van der Waals surface area contributed by atoms with Gasteiger partial charge in [-0.2, -0.15) is 0 Å². The van der Waals surface area contributed by atoms with Crippen LogP contribution in [0, 0.1) is 0 Å². The summed E-state index contributed by atoms with van der Waals surface area (Å²) in [5.74, 6) is -0.0308. The van der Waals surface area contributed by atoms with Crippen molar-refractivity contribution in [3.05, 3.63) is 58.7 Å². The number of aromatic nitrogens is 1. The number of nitrogens with one attached hydrogen (secondary N) is 1. The number of carbonyl (C=O) groups is 1. The molecule has 0 aliphatic carbocycles. The summed E-state index contributed by atoms with van der Waals surface area (Å²) in [6.45, 7) is 1.58. The number of fused-ring (bicyclic) bond motifs is 5. The molecule has 6 heteroatoms. The van der Waals surface area contributed by atoms with Gasteiger partial charge in [0.15, 0.2) is 0 Å². The molecule has 0 saturated heterocycles. The van der Waals surface area contributed by atoms with E-state index in [1.807, 2.05) is 47.4 Å². The molecule has 3 aromatic rings. The van der Waals surface area contributed by atoms with Crippen LogP contribution in [0.25, 0.3) is 22.0 Å². The first kappa shape index (κ1) is 18.0. The largest absolute Gasteiger partial charge is 0.350 e. The lowest BCUT2D eigenvalue weighted by atomic mass is 9.98. The van der Waals surface area contributed by atoms with Crippen molar-refractivity contribution in [2.75, 3.05) is 13.1 Å². The van der Waals surface area contributed by atoms with Crippen LogP contribution >= 0.6 is 11.6 Å². The minimum Gasteiger partial charge on any atom is -0.350 e. The van der Waals surface area contributed by atoms with E-state index in [1.54, 1.807) is 0 Å². The summed E-state index contributed by atoms with van der Waals surface area (Å²) >= 11 is 6.26. The van der Waals surface area contributed by atoms with Gasteiger partial charge in [0.05, 0.1) is 0 Å². The van der Waals surface area contributed by atoms with Crippen LogP contribution < -0.4 is 11.5 Å². The van der Waals surface area contributed by atoms with Crippen molar-refractivity contribution in [3.8, 4) is 11.1 Å². The molecule has 4 rings (SSSR count). The van der Waals surface area contributed by atoms with Gasteiger partial charge >= 0.3 is 0 Å². The van der Waals surface area contributed by atoms with Crippen LogP contribution in [0.2, 0.25) is 5.02 Å². The standard InChI is InChI=1S/C21H23ClN4O/c22-14-7-8-16-13(10-14)11-26(12-15(24)4-3-9-23)21(27)20-19(16)17-5-1-2-6-18(17)25-20/h1-2,5-8,10,15,25H,3-4,9,11-12,23-24H2/t15-/m0/s1. The van der Waals surface area contributed by atoms with Crippen LogP contribution in [0.1, 0.15) is 28.9 Å². The highest BCUT2D eigenvalue weighted by Gasteiger charge is 2.30. The zero-order valence-corrected chi connectivity index (χ0v) is 15.8. The van der Waals surface area contributed by atoms with Gasteiger partial charge in [0, 0.05) is 40.6 Å². The Bertz CT molecular complexity index is 997. The Morgan fingerprint density at radius 3 is 2.85 bits per heavy atom. The lowest BCUT2D eigenvalue weighted by Crippen LogP contribution is -2.40. The van der Waals surface area contributed by atoms with E-state index in [0.717, 1.165) is 40.4 Å². The molecule has 27 heavy (non-hydrogen) atoms. The van der Waals surface area contributed by atoms with Gasteiger partial charge in [-0.1, -0.05) is 35.9 Å². The van der Waals surface area contributed by atoms with Gasteiger partial charge in [-0.15, -0.1) is 0 Å². The van der Waals surface area contributed by atoms with Crippen molar-refractivity contribution in [1.29, 1.82) is 0 Å². The van der Waals surface area contributed by atoms with Crippen LogP contribution in [0.4, 0.5) is 0 Å². The Labute approximate surface area is 163 Å². The third kappa shape index (κ3) is 3.34. The maximum absolute atomic E-state index is 13.4. The second-order valence-electron chi connectivity index (χ2n) is 7.10. The first-order valence-electron chi connectivity index (χ1n) is 9.23. The Kier molecular flexibility index (Phi) is 4.91. The van der Waals surface area contributed by atoms with Crippen molar-refractivity contribution in [1.82, 2.24) is 9.88 Å². The van der Waals surface area contributed by atoms with Gasteiger partial charge in [-0.05, 0) is 48.7 Å². The highest BCUT2D eigenvalue weighted by atomic mass is 35.5. The maximum atomic E-state index is 13.4. The summed E-state index contributed by atoms with van der Waals surface area (Å²) in [6, 6.07) is 13.7. The Morgan fingerprint density at radius 1 is 1.22 bits per heavy atom. The van der Waals surface area contributed by atoms with E-state index in [2.05, 4.69) is 4.98 Å². The highest BCUT2D eigenvalue weighted by Crippen LogP contribution is 2.39. The molecule has 1 aliphatic rings. The summed E-state index contributed by atoms with van der Waals surface area (Å²) in [6.07, 6.45) is 1.64. The predicted molar refractivity (Wildman–Crippen MR) is 110 cm³/mol. The van der Waals surface area contributed by atoms with Crippen molar-refractivity contribution < 1.29 is 4.79 Å². The van der Waals surface area contributed by atoms with E-state index < -0.39 is 0 Å². The zero-order valence-electron chi connectivity index (χ0n) is 15.0. The summed E-state index contributed by atoms with van der Waals surface area (Å²) in [5, 5.41) is 1.70. The molecule has 140 valence electrons. The molecule has 5 nitrogen and oxygen atoms in total. The molecule has 2 aromatic carbocycles. The minimum absolute atomic E-state index is 0.0308. The van der Waals surface area contributed by atoms with Crippen molar-refractivity contribution in [2.45, 2.75) is 25.4 Å². The number of para-hydroxylation sites is 1. The van der Waals surface area contributed by atoms with Crippen LogP contribution in [-0.4, -0.2) is 34.9 Å². The monoisotopic (exact) mass is 382 g/mol. The number of hydrogen-bond donors (Lipinski definition) is 3. The molecule has 0 bridgehead atoms. The van der Waals surface area contributed by atoms with Crippen LogP contribution in [-0.2, 0) is 6.54 Å². The maximum Gasteiger partial charge on any atom is 0.271 e. The molecule has 0 spiro atoms. The summed E-state index contributed by atoms with van der Waals surface area (Å²) < 4.78 is 0. The van der Waals surface area contributed by atoms with E-state index in [0.29, 0.717) is 30.4 Å². The molecule has 0 fully saturated rings. The average Bonchev–Trinajstić information content (AvgIpc) is 3.00. The number of rotatable bonds is 5. The van der Waals surface area contributed by atoms with Crippen molar-refractivity contribution >= 4 is 28.4 Å². The highest BCUT2D eigenvalue weighted by molar-refractivity contribution is 6.30. The number of halogens is 1. The number of aromatic amines is 1. The SMILES string of the molecule is NCCC[C@H](N)CN1Cc2cc(Cl)ccc2-c2c([nH]c3ccccc23)C1=O. The van der Waals surface area contributed by atoms with E-state index in [4.69, 9.17) is 23.1 Å². The third-order valence-corrected chi connectivity index (χ3v) is 5.37. The van der Waals surface area contributed by atoms with Gasteiger partial charge in [0.25, 0.3) is 5.91 Å². The van der Waals surface area contributed by atoms with Gasteiger partial charge < -0.3 is 21.4 Å². The molecular weight excluding hydrogens is 360 g/mol. The Hall–Kier alpha value is -2.34. The average molecular weight is 383 g/mol. The van der Waals surface area contributed by atoms with E-state index >= 15 is 0 Å². The topological polar surface area (TPSA) is 88.1 Å². The Morgan fingerprint density at radius 2 is 2.04 bits per heavy atom. The minimum atomic E-state index is -0.105. The lowest BCUT2D eigenvalue weighted by Gasteiger charge is -2.25. The molecule has 5 N–H and O–H groups in total. The molecule has 1 atom stereocenters. The van der Waals surface area contributed by atoms with Crippen LogP contribution in [0.3, 0.4) is 0 Å². The third-order valence-electron chi connectivity index (χ3n) is 5.14. The zero-order chi connectivity index (χ0) is 19.0.